The summed E-state index contributed by atoms with van der Waals surface area (Å²) in [5.74, 6) is 1.75. The molecule has 0 saturated carbocycles. The second-order valence-corrected chi connectivity index (χ2v) is 11.2. The highest BCUT2D eigenvalue weighted by Crippen LogP contribution is 2.36. The van der Waals surface area contributed by atoms with Crippen LogP contribution in [0.15, 0.2) is 54.9 Å². The smallest absolute Gasteiger partial charge is 0.269 e. The normalized spacial score (nSPS) is 15.9. The summed E-state index contributed by atoms with van der Waals surface area (Å²) in [4.78, 5) is 43.7. The number of nitro benzene ring substituents is 1. The number of nitrogens with zero attached hydrogens (tertiary/aromatic N) is 7. The molecule has 6 rings (SSSR count). The van der Waals surface area contributed by atoms with Gasteiger partial charge in [-0.3, -0.25) is 14.9 Å². The first kappa shape index (κ1) is 26.8. The SMILES string of the molecule is COc1ccc(N2CCN(c3ncnc4sc(C(=O)N5CCN(c6ccc([N+](=O)[O-])cc6)CC5)c(C)c34)CC2)cc1. The van der Waals surface area contributed by atoms with Gasteiger partial charge in [-0.05, 0) is 48.9 Å². The maximum absolute atomic E-state index is 13.7. The predicted molar refractivity (Wildman–Crippen MR) is 161 cm³/mol. The Hall–Kier alpha value is -4.45. The summed E-state index contributed by atoms with van der Waals surface area (Å²) in [6.07, 6.45) is 1.60. The number of benzene rings is 2. The second kappa shape index (κ2) is 11.2. The van der Waals surface area contributed by atoms with E-state index in [1.165, 1.54) is 29.2 Å². The molecule has 4 aromatic rings. The Morgan fingerprint density at radius 1 is 0.854 bits per heavy atom. The third-order valence-corrected chi connectivity index (χ3v) is 9.10. The number of anilines is 3. The molecular weight excluding hydrogens is 542 g/mol. The van der Waals surface area contributed by atoms with E-state index < -0.39 is 4.92 Å². The van der Waals surface area contributed by atoms with Gasteiger partial charge in [0.25, 0.3) is 11.6 Å². The van der Waals surface area contributed by atoms with Crippen molar-refractivity contribution in [2.45, 2.75) is 6.92 Å². The van der Waals surface area contributed by atoms with Gasteiger partial charge in [0.1, 0.15) is 22.7 Å². The van der Waals surface area contributed by atoms with E-state index in [9.17, 15) is 14.9 Å². The van der Waals surface area contributed by atoms with Crippen molar-refractivity contribution in [1.82, 2.24) is 14.9 Å². The average molecular weight is 574 g/mol. The summed E-state index contributed by atoms with van der Waals surface area (Å²) in [5.41, 5.74) is 3.10. The van der Waals surface area contributed by atoms with Crippen LogP contribution in [0, 0.1) is 17.0 Å². The van der Waals surface area contributed by atoms with Crippen LogP contribution in [0.5, 0.6) is 5.75 Å². The number of carbonyl (C=O) groups excluding carboxylic acids is 1. The summed E-state index contributed by atoms with van der Waals surface area (Å²) >= 11 is 1.44. The molecule has 0 unspecified atom stereocenters. The van der Waals surface area contributed by atoms with E-state index in [1.54, 1.807) is 25.6 Å². The van der Waals surface area contributed by atoms with Gasteiger partial charge in [-0.15, -0.1) is 11.3 Å². The van der Waals surface area contributed by atoms with E-state index in [0.29, 0.717) is 31.1 Å². The zero-order valence-corrected chi connectivity index (χ0v) is 23.8. The molecule has 2 fully saturated rings. The summed E-state index contributed by atoms with van der Waals surface area (Å²) in [6.45, 7) is 7.86. The first-order valence-corrected chi connectivity index (χ1v) is 14.4. The summed E-state index contributed by atoms with van der Waals surface area (Å²) in [5, 5.41) is 11.9. The van der Waals surface area contributed by atoms with Crippen molar-refractivity contribution < 1.29 is 14.5 Å². The van der Waals surface area contributed by atoms with Crippen LogP contribution in [0.4, 0.5) is 22.9 Å². The molecule has 2 aromatic carbocycles. The number of rotatable bonds is 6. The van der Waals surface area contributed by atoms with Crippen LogP contribution in [0.3, 0.4) is 0 Å². The third-order valence-electron chi connectivity index (χ3n) is 7.91. The van der Waals surface area contributed by atoms with E-state index in [2.05, 4.69) is 36.8 Å². The molecule has 2 aliphatic rings. The maximum atomic E-state index is 13.7. The lowest BCUT2D eigenvalue weighted by molar-refractivity contribution is -0.384. The minimum atomic E-state index is -0.397. The van der Waals surface area contributed by atoms with Crippen LogP contribution in [0.2, 0.25) is 0 Å². The van der Waals surface area contributed by atoms with Crippen molar-refractivity contribution in [2.75, 3.05) is 74.2 Å². The number of methoxy groups -OCH3 is 1. The lowest BCUT2D eigenvalue weighted by Gasteiger charge is -2.37. The number of aromatic nitrogens is 2. The zero-order chi connectivity index (χ0) is 28.5. The standard InChI is InChI=1S/C29H31N7O4S/c1-20-25-27(34-15-11-32(12-16-34)22-7-9-24(40-2)10-8-22)30-19-31-28(25)41-26(20)29(37)35-17-13-33(14-18-35)21-3-5-23(6-4-21)36(38)39/h3-10,19H,11-18H2,1-2H3. The monoisotopic (exact) mass is 573 g/mol. The van der Waals surface area contributed by atoms with Crippen LogP contribution in [-0.2, 0) is 0 Å². The Labute approximate surface area is 241 Å². The molecule has 11 nitrogen and oxygen atoms in total. The van der Waals surface area contributed by atoms with Crippen LogP contribution < -0.4 is 19.4 Å². The molecule has 0 aliphatic carbocycles. The molecule has 212 valence electrons. The number of carbonyl (C=O) groups is 1. The molecule has 4 heterocycles. The number of amides is 1. The van der Waals surface area contributed by atoms with Gasteiger partial charge in [-0.1, -0.05) is 0 Å². The van der Waals surface area contributed by atoms with Crippen molar-refractivity contribution in [3.63, 3.8) is 0 Å². The first-order valence-electron chi connectivity index (χ1n) is 13.6. The van der Waals surface area contributed by atoms with Gasteiger partial charge in [-0.25, -0.2) is 9.97 Å². The lowest BCUT2D eigenvalue weighted by atomic mass is 10.1. The van der Waals surface area contributed by atoms with Crippen LogP contribution in [0.1, 0.15) is 15.2 Å². The molecular formula is C29H31N7O4S. The Bertz CT molecular complexity index is 1560. The molecule has 2 saturated heterocycles. The Balaban J connectivity index is 1.14. The number of non-ortho nitro benzene ring substituents is 1. The van der Waals surface area contributed by atoms with Crippen LogP contribution >= 0.6 is 11.3 Å². The van der Waals surface area contributed by atoms with Gasteiger partial charge < -0.3 is 24.3 Å². The van der Waals surface area contributed by atoms with Crippen molar-refractivity contribution >= 4 is 50.3 Å². The highest BCUT2D eigenvalue weighted by molar-refractivity contribution is 7.20. The number of fused-ring (bicyclic) bond motifs is 1. The fourth-order valence-corrected chi connectivity index (χ4v) is 6.67. The van der Waals surface area contributed by atoms with Gasteiger partial charge in [0.05, 0.1) is 22.3 Å². The van der Waals surface area contributed by atoms with E-state index in [0.717, 1.165) is 59.2 Å². The van der Waals surface area contributed by atoms with Crippen molar-refractivity contribution in [3.8, 4) is 5.75 Å². The van der Waals surface area contributed by atoms with Gasteiger partial charge in [0.2, 0.25) is 0 Å². The molecule has 0 bridgehead atoms. The lowest BCUT2D eigenvalue weighted by Crippen LogP contribution is -2.48. The number of aryl methyl sites for hydroxylation is 1. The molecule has 41 heavy (non-hydrogen) atoms. The van der Waals surface area contributed by atoms with Crippen molar-refractivity contribution in [2.24, 2.45) is 0 Å². The molecule has 0 atom stereocenters. The number of hydrogen-bond donors (Lipinski definition) is 0. The summed E-state index contributed by atoms with van der Waals surface area (Å²) in [7, 11) is 1.67. The number of thiophene rings is 1. The van der Waals surface area contributed by atoms with E-state index in [-0.39, 0.29) is 11.6 Å². The zero-order valence-electron chi connectivity index (χ0n) is 23.0. The van der Waals surface area contributed by atoms with Crippen molar-refractivity contribution in [3.05, 3.63) is 75.4 Å². The minimum absolute atomic E-state index is 0.0177. The van der Waals surface area contributed by atoms with E-state index in [1.807, 2.05) is 24.0 Å². The molecule has 2 aliphatic heterocycles. The van der Waals surface area contributed by atoms with Gasteiger partial charge in [0, 0.05) is 75.9 Å². The highest BCUT2D eigenvalue weighted by Gasteiger charge is 2.28. The Kier molecular flexibility index (Phi) is 7.31. The molecule has 0 radical (unpaired) electrons. The molecule has 1 amide bonds. The summed E-state index contributed by atoms with van der Waals surface area (Å²) < 4.78 is 5.29. The van der Waals surface area contributed by atoms with Gasteiger partial charge >= 0.3 is 0 Å². The molecule has 0 spiro atoms. The quantitative estimate of drug-likeness (QED) is 0.248. The fraction of sp³-hybridized carbons (Fsp3) is 0.345. The number of nitro groups is 1. The van der Waals surface area contributed by atoms with Gasteiger partial charge in [-0.2, -0.15) is 0 Å². The van der Waals surface area contributed by atoms with Gasteiger partial charge in [0.15, 0.2) is 0 Å². The van der Waals surface area contributed by atoms with Crippen LogP contribution in [0.25, 0.3) is 10.2 Å². The Morgan fingerprint density at radius 2 is 1.41 bits per heavy atom. The maximum Gasteiger partial charge on any atom is 0.269 e. The first-order chi connectivity index (χ1) is 19.9. The Morgan fingerprint density at radius 3 is 2.00 bits per heavy atom. The molecule has 2 aromatic heterocycles. The predicted octanol–water partition coefficient (Wildman–Crippen LogP) is 4.21. The number of ether oxygens (including phenoxy) is 1. The summed E-state index contributed by atoms with van der Waals surface area (Å²) in [6, 6.07) is 14.7. The third kappa shape index (κ3) is 5.22. The fourth-order valence-electron chi connectivity index (χ4n) is 5.56. The minimum Gasteiger partial charge on any atom is -0.497 e. The molecule has 0 N–H and O–H groups in total. The molecule has 12 heteroatoms. The number of hydrogen-bond acceptors (Lipinski definition) is 10. The largest absolute Gasteiger partial charge is 0.497 e. The average Bonchev–Trinajstić information content (AvgIpc) is 3.37. The van der Waals surface area contributed by atoms with Crippen LogP contribution in [-0.4, -0.2) is 85.2 Å². The topological polar surface area (TPSA) is 108 Å². The van der Waals surface area contributed by atoms with E-state index in [4.69, 9.17) is 4.74 Å². The van der Waals surface area contributed by atoms with E-state index >= 15 is 0 Å². The highest BCUT2D eigenvalue weighted by atomic mass is 32.1. The van der Waals surface area contributed by atoms with Crippen molar-refractivity contribution in [1.29, 1.82) is 0 Å². The second-order valence-electron chi connectivity index (χ2n) is 10.2. The number of piperazine rings is 2.